The first kappa shape index (κ1) is 25.9. The van der Waals surface area contributed by atoms with Crippen LogP contribution < -0.4 is 14.2 Å². The number of benzene rings is 2. The summed E-state index contributed by atoms with van der Waals surface area (Å²) in [6.07, 6.45) is 0.927. The van der Waals surface area contributed by atoms with Gasteiger partial charge in [-0.05, 0) is 41.8 Å². The second-order valence-corrected chi connectivity index (χ2v) is 11.3. The first-order valence-corrected chi connectivity index (χ1v) is 14.2. The number of methoxy groups -OCH3 is 3. The zero-order valence-electron chi connectivity index (χ0n) is 20.6. The number of phenolic OH excluding ortho intramolecular Hbond substituents is 1. The van der Waals surface area contributed by atoms with E-state index in [1.807, 2.05) is 24.3 Å². The van der Waals surface area contributed by atoms with E-state index in [-0.39, 0.29) is 0 Å². The minimum absolute atomic E-state index is 0.348. The van der Waals surface area contributed by atoms with Crippen LogP contribution in [-0.4, -0.2) is 62.4 Å². The number of hydrogen-bond donors (Lipinski definition) is 1. The summed E-state index contributed by atoms with van der Waals surface area (Å²) in [6.45, 7) is 7.32. The predicted octanol–water partition coefficient (Wildman–Crippen LogP) is 5.82. The smallest absolute Gasteiger partial charge is 0.165 e. The van der Waals surface area contributed by atoms with Gasteiger partial charge < -0.3 is 19.3 Å². The molecule has 1 fully saturated rings. The molecule has 1 aromatic heterocycles. The summed E-state index contributed by atoms with van der Waals surface area (Å²) in [4.78, 5) is 6.04. The molecular weight excluding hydrogens is 500 g/mol. The van der Waals surface area contributed by atoms with Gasteiger partial charge in [-0.2, -0.15) is 0 Å². The van der Waals surface area contributed by atoms with Gasteiger partial charge in [0.05, 0.1) is 26.2 Å². The highest BCUT2D eigenvalue weighted by molar-refractivity contribution is 7.80. The minimum atomic E-state index is 0.348. The van der Waals surface area contributed by atoms with E-state index in [2.05, 4.69) is 22.8 Å². The van der Waals surface area contributed by atoms with Gasteiger partial charge in [-0.3, -0.25) is 9.80 Å². The van der Waals surface area contributed by atoms with E-state index in [4.69, 9.17) is 26.4 Å². The van der Waals surface area contributed by atoms with E-state index in [1.54, 1.807) is 42.0 Å². The van der Waals surface area contributed by atoms with Gasteiger partial charge in [0.1, 0.15) is 15.3 Å². The van der Waals surface area contributed by atoms with Gasteiger partial charge in [0.2, 0.25) is 0 Å². The molecule has 188 valence electrons. The Bertz CT molecular complexity index is 1220. The molecule has 3 aromatic rings. The Labute approximate surface area is 219 Å². The lowest BCUT2D eigenvalue weighted by atomic mass is 10.0. The van der Waals surface area contributed by atoms with Crippen LogP contribution in [0.25, 0.3) is 10.4 Å². The molecule has 0 spiro atoms. The molecule has 2 heterocycles. The van der Waals surface area contributed by atoms with Crippen LogP contribution >= 0.6 is 32.9 Å². The third-order valence-electron chi connectivity index (χ3n) is 6.43. The third kappa shape index (κ3) is 5.81. The summed E-state index contributed by atoms with van der Waals surface area (Å²) < 4.78 is 17.6. The van der Waals surface area contributed by atoms with Crippen molar-refractivity contribution in [2.75, 3.05) is 47.5 Å². The van der Waals surface area contributed by atoms with Crippen LogP contribution in [0.1, 0.15) is 23.6 Å². The van der Waals surface area contributed by atoms with Crippen LogP contribution in [0.5, 0.6) is 23.0 Å². The molecular formula is C26H32N2O4S3. The van der Waals surface area contributed by atoms with Crippen LogP contribution in [-0.2, 0) is 19.5 Å². The van der Waals surface area contributed by atoms with Crippen molar-refractivity contribution in [3.05, 3.63) is 50.8 Å². The predicted molar refractivity (Wildman–Crippen MR) is 146 cm³/mol. The maximum atomic E-state index is 10.6. The topological polar surface area (TPSA) is 54.4 Å². The SMILES string of the molecule is CCc1c(-c2ccc(O)c(CN3CCN(Cc4cc(OC)cc(OC)c4OC)CC3)c2)ssc1=S. The number of piperazine rings is 1. The highest BCUT2D eigenvalue weighted by Gasteiger charge is 2.22. The molecule has 4 rings (SSSR count). The summed E-state index contributed by atoms with van der Waals surface area (Å²) >= 11 is 5.51. The molecule has 0 aliphatic carbocycles. The van der Waals surface area contributed by atoms with Crippen LogP contribution in [0.15, 0.2) is 30.3 Å². The Morgan fingerprint density at radius 3 is 2.17 bits per heavy atom. The molecule has 0 saturated carbocycles. The van der Waals surface area contributed by atoms with E-state index in [0.29, 0.717) is 11.5 Å². The average Bonchev–Trinajstić information content (AvgIpc) is 3.26. The quantitative estimate of drug-likeness (QED) is 0.275. The van der Waals surface area contributed by atoms with E-state index in [0.717, 1.165) is 77.7 Å². The summed E-state index contributed by atoms with van der Waals surface area (Å²) in [5.41, 5.74) is 4.39. The first-order chi connectivity index (χ1) is 17.0. The lowest BCUT2D eigenvalue weighted by Gasteiger charge is -2.35. The Balaban J connectivity index is 1.43. The number of aromatic hydroxyl groups is 1. The highest BCUT2D eigenvalue weighted by Crippen LogP contribution is 2.38. The molecule has 2 aromatic carbocycles. The highest BCUT2D eigenvalue weighted by atomic mass is 32.9. The molecule has 35 heavy (non-hydrogen) atoms. The van der Waals surface area contributed by atoms with Crippen LogP contribution in [0.3, 0.4) is 0 Å². The largest absolute Gasteiger partial charge is 0.508 e. The van der Waals surface area contributed by atoms with E-state index >= 15 is 0 Å². The molecule has 6 nitrogen and oxygen atoms in total. The summed E-state index contributed by atoms with van der Waals surface area (Å²) in [5.74, 6) is 2.53. The zero-order chi connectivity index (χ0) is 24.9. The molecule has 1 aliphatic rings. The van der Waals surface area contributed by atoms with Crippen LogP contribution in [0, 0.1) is 3.82 Å². The summed E-state index contributed by atoms with van der Waals surface area (Å²) in [5, 5.41) is 10.6. The van der Waals surface area contributed by atoms with Crippen molar-refractivity contribution in [3.63, 3.8) is 0 Å². The molecule has 0 amide bonds. The molecule has 1 saturated heterocycles. The number of hydrogen-bond acceptors (Lipinski definition) is 9. The Morgan fingerprint density at radius 2 is 1.57 bits per heavy atom. The third-order valence-corrected chi connectivity index (χ3v) is 9.63. The Hall–Kier alpha value is -2.17. The minimum Gasteiger partial charge on any atom is -0.508 e. The van der Waals surface area contributed by atoms with Gasteiger partial charge in [0.25, 0.3) is 0 Å². The fourth-order valence-corrected chi connectivity index (χ4v) is 7.62. The van der Waals surface area contributed by atoms with E-state index < -0.39 is 0 Å². The van der Waals surface area contributed by atoms with Crippen molar-refractivity contribution in [1.82, 2.24) is 9.80 Å². The molecule has 9 heteroatoms. The molecule has 0 radical (unpaired) electrons. The van der Waals surface area contributed by atoms with Crippen molar-refractivity contribution in [3.8, 4) is 33.4 Å². The van der Waals surface area contributed by atoms with Crippen molar-refractivity contribution >= 4 is 32.9 Å². The standard InChI is InChI=1S/C26H32N2O4S3/c1-5-21-25(34-35-26(21)33)17-6-7-22(29)18(12-17)15-27-8-10-28(11-9-27)16-19-13-20(30-2)14-23(31-3)24(19)32-4/h6-7,12-14,29H,5,8-11,15-16H2,1-4H3. The molecule has 0 unspecified atom stereocenters. The number of phenols is 1. The van der Waals surface area contributed by atoms with E-state index in [9.17, 15) is 5.11 Å². The van der Waals surface area contributed by atoms with Gasteiger partial charge in [-0.15, -0.1) is 0 Å². The van der Waals surface area contributed by atoms with Crippen molar-refractivity contribution in [1.29, 1.82) is 0 Å². The lowest BCUT2D eigenvalue weighted by molar-refractivity contribution is 0.120. The number of nitrogens with zero attached hydrogens (tertiary/aromatic N) is 2. The van der Waals surface area contributed by atoms with Gasteiger partial charge >= 0.3 is 0 Å². The summed E-state index contributed by atoms with van der Waals surface area (Å²) in [6, 6.07) is 9.80. The Kier molecular flexibility index (Phi) is 8.67. The Morgan fingerprint density at radius 1 is 0.886 bits per heavy atom. The maximum absolute atomic E-state index is 10.6. The first-order valence-electron chi connectivity index (χ1n) is 11.6. The van der Waals surface area contributed by atoms with Gasteiger partial charge in [-0.25, -0.2) is 0 Å². The molecule has 0 bridgehead atoms. The van der Waals surface area contributed by atoms with Gasteiger partial charge in [0.15, 0.2) is 11.5 Å². The van der Waals surface area contributed by atoms with Crippen LogP contribution in [0.4, 0.5) is 0 Å². The maximum Gasteiger partial charge on any atom is 0.165 e. The monoisotopic (exact) mass is 532 g/mol. The fraction of sp³-hybridized carbons (Fsp3) is 0.423. The van der Waals surface area contributed by atoms with Gasteiger partial charge in [-0.1, -0.05) is 39.8 Å². The number of ether oxygens (including phenoxy) is 3. The van der Waals surface area contributed by atoms with E-state index in [1.165, 1.54) is 10.4 Å². The second-order valence-electron chi connectivity index (χ2n) is 8.53. The molecule has 1 N–H and O–H groups in total. The van der Waals surface area contributed by atoms with Crippen LogP contribution in [0.2, 0.25) is 0 Å². The summed E-state index contributed by atoms with van der Waals surface area (Å²) in [7, 11) is 8.36. The van der Waals surface area contributed by atoms with Crippen molar-refractivity contribution in [2.24, 2.45) is 0 Å². The average molecular weight is 533 g/mol. The fourth-order valence-electron chi connectivity index (χ4n) is 4.49. The molecule has 0 atom stereocenters. The van der Waals surface area contributed by atoms with Gasteiger partial charge in [0, 0.05) is 56.5 Å². The van der Waals surface area contributed by atoms with Crippen molar-refractivity contribution < 1.29 is 19.3 Å². The molecule has 1 aliphatic heterocycles. The zero-order valence-corrected chi connectivity index (χ0v) is 23.1. The lowest BCUT2D eigenvalue weighted by Crippen LogP contribution is -2.45. The van der Waals surface area contributed by atoms with Crippen molar-refractivity contribution in [2.45, 2.75) is 26.4 Å². The second kappa shape index (κ2) is 11.7. The normalized spacial score (nSPS) is 14.7. The number of rotatable bonds is 9.